The molecule has 0 spiro atoms. The van der Waals surface area contributed by atoms with Crippen molar-refractivity contribution in [2.75, 3.05) is 19.6 Å². The molecule has 108 valence electrons. The molecule has 1 amide bonds. The third-order valence-electron chi connectivity index (χ3n) is 2.58. The Morgan fingerprint density at radius 3 is 2.60 bits per heavy atom. The Balaban J connectivity index is 0.00000200. The number of hydrogen-bond donors (Lipinski definition) is 2. The number of benzene rings is 1. The van der Waals surface area contributed by atoms with E-state index in [-0.39, 0.29) is 18.3 Å². The second-order valence-electron chi connectivity index (χ2n) is 3.91. The van der Waals surface area contributed by atoms with Gasteiger partial charge in [0.05, 0.1) is 5.69 Å². The van der Waals surface area contributed by atoms with Crippen molar-refractivity contribution in [3.8, 4) is 5.69 Å². The zero-order valence-electron chi connectivity index (χ0n) is 11.1. The molecule has 1 heterocycles. The summed E-state index contributed by atoms with van der Waals surface area (Å²) in [6.07, 6.45) is 1.51. The average molecular weight is 297 g/mol. The standard InChI is InChI=1S/C12H16N6O.ClH/c1-2-13-7-8-14-12(19)10-3-5-11(6-4-10)18-9-15-16-17-18;/h3-6,9,13H,2,7-8H2,1H3,(H,14,19);1H. The molecule has 0 aliphatic carbocycles. The third-order valence-corrected chi connectivity index (χ3v) is 2.58. The maximum absolute atomic E-state index is 11.8. The van der Waals surface area contributed by atoms with Crippen LogP contribution in [0.3, 0.4) is 0 Å². The van der Waals surface area contributed by atoms with E-state index < -0.39 is 0 Å². The highest BCUT2D eigenvalue weighted by Crippen LogP contribution is 2.07. The number of amides is 1. The van der Waals surface area contributed by atoms with Crippen LogP contribution < -0.4 is 10.6 Å². The largest absolute Gasteiger partial charge is 0.351 e. The van der Waals surface area contributed by atoms with Crippen LogP contribution in [0.2, 0.25) is 0 Å². The Bertz CT molecular complexity index is 513. The number of carbonyl (C=O) groups excluding carboxylic acids is 1. The van der Waals surface area contributed by atoms with Crippen molar-refractivity contribution in [2.24, 2.45) is 0 Å². The highest BCUT2D eigenvalue weighted by molar-refractivity contribution is 5.94. The molecule has 8 heteroatoms. The second-order valence-corrected chi connectivity index (χ2v) is 3.91. The predicted octanol–water partition coefficient (Wildman–Crippen LogP) is 0.423. The van der Waals surface area contributed by atoms with Crippen molar-refractivity contribution in [1.29, 1.82) is 0 Å². The number of rotatable bonds is 6. The molecule has 20 heavy (non-hydrogen) atoms. The molecule has 0 unspecified atom stereocenters. The van der Waals surface area contributed by atoms with Crippen LogP contribution in [0.4, 0.5) is 0 Å². The van der Waals surface area contributed by atoms with Gasteiger partial charge in [-0.3, -0.25) is 4.79 Å². The number of tetrazole rings is 1. The van der Waals surface area contributed by atoms with Crippen LogP contribution in [0.15, 0.2) is 30.6 Å². The Morgan fingerprint density at radius 2 is 2.00 bits per heavy atom. The Labute approximate surface area is 123 Å². The zero-order chi connectivity index (χ0) is 13.5. The molecule has 0 aliphatic heterocycles. The number of halogens is 1. The molecule has 1 aromatic heterocycles. The first-order valence-corrected chi connectivity index (χ1v) is 6.13. The summed E-state index contributed by atoms with van der Waals surface area (Å²) >= 11 is 0. The van der Waals surface area contributed by atoms with E-state index in [4.69, 9.17) is 0 Å². The maximum atomic E-state index is 11.8. The summed E-state index contributed by atoms with van der Waals surface area (Å²) in [5, 5.41) is 16.9. The number of hydrogen-bond acceptors (Lipinski definition) is 5. The van der Waals surface area contributed by atoms with Gasteiger partial charge in [0.25, 0.3) is 5.91 Å². The van der Waals surface area contributed by atoms with E-state index in [0.717, 1.165) is 18.8 Å². The molecule has 0 saturated heterocycles. The van der Waals surface area contributed by atoms with Crippen LogP contribution in [0.1, 0.15) is 17.3 Å². The molecule has 2 N–H and O–H groups in total. The molecule has 2 rings (SSSR count). The Hall–Kier alpha value is -1.99. The molecule has 7 nitrogen and oxygen atoms in total. The molecule has 0 atom stereocenters. The van der Waals surface area contributed by atoms with Gasteiger partial charge in [-0.25, -0.2) is 4.68 Å². The van der Waals surface area contributed by atoms with Gasteiger partial charge in [-0.05, 0) is 41.2 Å². The smallest absolute Gasteiger partial charge is 0.251 e. The predicted molar refractivity (Wildman–Crippen MR) is 77.3 cm³/mol. The lowest BCUT2D eigenvalue weighted by Gasteiger charge is -2.06. The minimum Gasteiger partial charge on any atom is -0.351 e. The molecule has 0 saturated carbocycles. The van der Waals surface area contributed by atoms with Crippen molar-refractivity contribution in [3.05, 3.63) is 36.2 Å². The number of likely N-dealkylation sites (N-methyl/N-ethyl adjacent to an activating group) is 1. The van der Waals surface area contributed by atoms with Crippen LogP contribution in [0.5, 0.6) is 0 Å². The topological polar surface area (TPSA) is 84.7 Å². The lowest BCUT2D eigenvalue weighted by molar-refractivity contribution is 0.0954. The first-order chi connectivity index (χ1) is 9.31. The van der Waals surface area contributed by atoms with Crippen molar-refractivity contribution in [1.82, 2.24) is 30.8 Å². The van der Waals surface area contributed by atoms with E-state index in [1.165, 1.54) is 11.0 Å². The van der Waals surface area contributed by atoms with Gasteiger partial charge in [0.1, 0.15) is 6.33 Å². The van der Waals surface area contributed by atoms with Crippen LogP contribution >= 0.6 is 12.4 Å². The lowest BCUT2D eigenvalue weighted by atomic mass is 10.2. The van der Waals surface area contributed by atoms with E-state index in [1.807, 2.05) is 6.92 Å². The third kappa shape index (κ3) is 4.29. The first-order valence-electron chi connectivity index (χ1n) is 6.13. The summed E-state index contributed by atoms with van der Waals surface area (Å²) in [7, 11) is 0. The van der Waals surface area contributed by atoms with Gasteiger partial charge >= 0.3 is 0 Å². The molecular weight excluding hydrogens is 280 g/mol. The van der Waals surface area contributed by atoms with Gasteiger partial charge in [0.15, 0.2) is 0 Å². The minimum atomic E-state index is -0.0823. The van der Waals surface area contributed by atoms with Crippen molar-refractivity contribution in [3.63, 3.8) is 0 Å². The monoisotopic (exact) mass is 296 g/mol. The number of carbonyl (C=O) groups is 1. The highest BCUT2D eigenvalue weighted by atomic mass is 35.5. The molecule has 0 aliphatic rings. The normalized spacial score (nSPS) is 9.85. The molecule has 0 fully saturated rings. The number of aromatic nitrogens is 4. The summed E-state index contributed by atoms with van der Waals surface area (Å²) in [5.74, 6) is -0.0823. The molecule has 0 radical (unpaired) electrons. The first kappa shape index (κ1) is 16.1. The van der Waals surface area contributed by atoms with Crippen molar-refractivity contribution < 1.29 is 4.79 Å². The average Bonchev–Trinajstić information content (AvgIpc) is 2.98. The van der Waals surface area contributed by atoms with E-state index >= 15 is 0 Å². The summed E-state index contributed by atoms with van der Waals surface area (Å²) in [6, 6.07) is 7.10. The SMILES string of the molecule is CCNCCNC(=O)c1ccc(-n2cnnn2)cc1.Cl. The molecule has 0 bridgehead atoms. The van der Waals surface area contributed by atoms with Gasteiger partial charge in [0, 0.05) is 18.7 Å². The summed E-state index contributed by atoms with van der Waals surface area (Å²) in [6.45, 7) is 4.31. The fourth-order valence-electron chi connectivity index (χ4n) is 1.59. The fraction of sp³-hybridized carbons (Fsp3) is 0.333. The van der Waals surface area contributed by atoms with E-state index in [2.05, 4.69) is 26.2 Å². The lowest BCUT2D eigenvalue weighted by Crippen LogP contribution is -2.31. The van der Waals surface area contributed by atoms with Gasteiger partial charge < -0.3 is 10.6 Å². The van der Waals surface area contributed by atoms with Crippen molar-refractivity contribution in [2.45, 2.75) is 6.92 Å². The molecule has 1 aromatic carbocycles. The Morgan fingerprint density at radius 1 is 1.25 bits per heavy atom. The van der Waals surface area contributed by atoms with Crippen LogP contribution in [0.25, 0.3) is 5.69 Å². The van der Waals surface area contributed by atoms with Crippen LogP contribution in [0, 0.1) is 0 Å². The van der Waals surface area contributed by atoms with E-state index in [1.54, 1.807) is 24.3 Å². The number of nitrogens with one attached hydrogen (secondary N) is 2. The molecular formula is C12H17ClN6O. The number of nitrogens with zero attached hydrogens (tertiary/aromatic N) is 4. The Kier molecular flexibility index (Phi) is 6.61. The second kappa shape index (κ2) is 8.23. The van der Waals surface area contributed by atoms with Gasteiger partial charge in [-0.2, -0.15) is 0 Å². The zero-order valence-corrected chi connectivity index (χ0v) is 11.9. The summed E-state index contributed by atoms with van der Waals surface area (Å²) < 4.78 is 1.53. The van der Waals surface area contributed by atoms with E-state index in [9.17, 15) is 4.79 Å². The van der Waals surface area contributed by atoms with Crippen LogP contribution in [-0.2, 0) is 0 Å². The van der Waals surface area contributed by atoms with Gasteiger partial charge in [0.2, 0.25) is 0 Å². The van der Waals surface area contributed by atoms with Crippen molar-refractivity contribution >= 4 is 18.3 Å². The molecule has 2 aromatic rings. The minimum absolute atomic E-state index is 0. The quantitative estimate of drug-likeness (QED) is 0.755. The maximum Gasteiger partial charge on any atom is 0.251 e. The van der Waals surface area contributed by atoms with E-state index in [0.29, 0.717) is 12.1 Å². The van der Waals surface area contributed by atoms with Crippen LogP contribution in [-0.4, -0.2) is 45.7 Å². The highest BCUT2D eigenvalue weighted by Gasteiger charge is 2.05. The fourth-order valence-corrected chi connectivity index (χ4v) is 1.59. The van der Waals surface area contributed by atoms with Gasteiger partial charge in [-0.1, -0.05) is 6.92 Å². The van der Waals surface area contributed by atoms with Gasteiger partial charge in [-0.15, -0.1) is 17.5 Å². The summed E-state index contributed by atoms with van der Waals surface area (Å²) in [5.41, 5.74) is 1.43. The summed E-state index contributed by atoms with van der Waals surface area (Å²) in [4.78, 5) is 11.8.